The minimum atomic E-state index is 0.0991. The minimum Gasteiger partial charge on any atom is -0.376 e. The molecule has 0 aromatic heterocycles. The van der Waals surface area contributed by atoms with Crippen LogP contribution in [-0.4, -0.2) is 43.0 Å². The monoisotopic (exact) mass is 359 g/mol. The maximum atomic E-state index is 12.2. The molecule has 0 spiro atoms. The molecule has 1 fully saturated rings. The van der Waals surface area contributed by atoms with Crippen molar-refractivity contribution in [3.8, 4) is 0 Å². The Morgan fingerprint density at radius 2 is 2.35 bits per heavy atom. The SMILES string of the molecule is CCC1CN(CCC(=O)c2ccc(Br)cc2Cl)CCO1. The number of hydrogen-bond donors (Lipinski definition) is 0. The number of halogens is 2. The van der Waals surface area contributed by atoms with Gasteiger partial charge in [0.2, 0.25) is 0 Å². The number of rotatable bonds is 5. The number of carbonyl (C=O) groups excluding carboxylic acids is 1. The average Bonchev–Trinajstić information content (AvgIpc) is 2.45. The van der Waals surface area contributed by atoms with E-state index in [1.807, 2.05) is 6.07 Å². The second-order valence-electron chi connectivity index (χ2n) is 5.00. The largest absolute Gasteiger partial charge is 0.376 e. The maximum Gasteiger partial charge on any atom is 0.165 e. The second-order valence-corrected chi connectivity index (χ2v) is 6.32. The van der Waals surface area contributed by atoms with Crippen LogP contribution < -0.4 is 0 Å². The molecule has 0 radical (unpaired) electrons. The number of benzene rings is 1. The summed E-state index contributed by atoms with van der Waals surface area (Å²) < 4.78 is 6.52. The van der Waals surface area contributed by atoms with E-state index in [4.69, 9.17) is 16.3 Å². The summed E-state index contributed by atoms with van der Waals surface area (Å²) in [6.45, 7) is 5.47. The Hall–Kier alpha value is -0.420. The molecule has 1 saturated heterocycles. The molecule has 0 amide bonds. The first-order valence-electron chi connectivity index (χ1n) is 6.92. The molecular weight excluding hydrogens is 342 g/mol. The van der Waals surface area contributed by atoms with Gasteiger partial charge in [-0.25, -0.2) is 0 Å². The lowest BCUT2D eigenvalue weighted by atomic mass is 10.1. The van der Waals surface area contributed by atoms with Gasteiger partial charge in [-0.2, -0.15) is 0 Å². The van der Waals surface area contributed by atoms with Crippen molar-refractivity contribution in [1.82, 2.24) is 4.90 Å². The van der Waals surface area contributed by atoms with E-state index in [9.17, 15) is 4.79 Å². The molecule has 1 aromatic carbocycles. The molecule has 2 rings (SSSR count). The Morgan fingerprint density at radius 3 is 3.05 bits per heavy atom. The second kappa shape index (κ2) is 7.55. The van der Waals surface area contributed by atoms with E-state index >= 15 is 0 Å². The third-order valence-electron chi connectivity index (χ3n) is 3.56. The van der Waals surface area contributed by atoms with E-state index in [-0.39, 0.29) is 5.78 Å². The summed E-state index contributed by atoms with van der Waals surface area (Å²) >= 11 is 9.45. The normalized spacial score (nSPS) is 20.1. The number of nitrogens with zero attached hydrogens (tertiary/aromatic N) is 1. The number of ketones is 1. The fourth-order valence-electron chi connectivity index (χ4n) is 2.34. The molecule has 1 unspecified atom stereocenters. The van der Waals surface area contributed by atoms with Gasteiger partial charge in [-0.05, 0) is 24.6 Å². The number of Topliss-reactive ketones (excluding diaryl/α,β-unsaturated/α-hetero) is 1. The predicted molar refractivity (Wildman–Crippen MR) is 84.6 cm³/mol. The van der Waals surface area contributed by atoms with Gasteiger partial charge in [-0.3, -0.25) is 9.69 Å². The number of ether oxygens (including phenoxy) is 1. The van der Waals surface area contributed by atoms with Crippen molar-refractivity contribution in [2.45, 2.75) is 25.9 Å². The van der Waals surface area contributed by atoms with Crippen LogP contribution in [0, 0.1) is 0 Å². The van der Waals surface area contributed by atoms with Crippen LogP contribution in [0.4, 0.5) is 0 Å². The highest BCUT2D eigenvalue weighted by Crippen LogP contribution is 2.22. The molecule has 1 aromatic rings. The fourth-order valence-corrected chi connectivity index (χ4v) is 3.12. The summed E-state index contributed by atoms with van der Waals surface area (Å²) in [6.07, 6.45) is 1.82. The molecule has 1 heterocycles. The molecule has 1 aliphatic heterocycles. The molecule has 1 atom stereocenters. The van der Waals surface area contributed by atoms with Crippen LogP contribution in [0.3, 0.4) is 0 Å². The zero-order valence-corrected chi connectivity index (χ0v) is 13.9. The van der Waals surface area contributed by atoms with Gasteiger partial charge in [-0.15, -0.1) is 0 Å². The van der Waals surface area contributed by atoms with E-state index in [0.717, 1.165) is 37.1 Å². The summed E-state index contributed by atoms with van der Waals surface area (Å²) in [4.78, 5) is 14.5. The molecule has 0 N–H and O–H groups in total. The number of hydrogen-bond acceptors (Lipinski definition) is 3. The third-order valence-corrected chi connectivity index (χ3v) is 4.37. The lowest BCUT2D eigenvalue weighted by Gasteiger charge is -2.32. The van der Waals surface area contributed by atoms with Crippen LogP contribution in [0.25, 0.3) is 0 Å². The van der Waals surface area contributed by atoms with Gasteiger partial charge in [-0.1, -0.05) is 34.5 Å². The zero-order chi connectivity index (χ0) is 14.5. The summed E-state index contributed by atoms with van der Waals surface area (Å²) in [5.74, 6) is 0.0991. The first-order valence-corrected chi connectivity index (χ1v) is 8.09. The summed E-state index contributed by atoms with van der Waals surface area (Å²) in [5, 5.41) is 0.512. The molecular formula is C15H19BrClNO2. The fraction of sp³-hybridized carbons (Fsp3) is 0.533. The molecule has 20 heavy (non-hydrogen) atoms. The molecule has 1 aliphatic rings. The molecule has 0 saturated carbocycles. The van der Waals surface area contributed by atoms with Crippen molar-refractivity contribution in [2.75, 3.05) is 26.2 Å². The van der Waals surface area contributed by atoms with Crippen molar-refractivity contribution >= 4 is 33.3 Å². The summed E-state index contributed by atoms with van der Waals surface area (Å²) in [7, 11) is 0. The molecule has 110 valence electrons. The van der Waals surface area contributed by atoms with Gasteiger partial charge < -0.3 is 4.74 Å². The molecule has 0 bridgehead atoms. The van der Waals surface area contributed by atoms with Gasteiger partial charge in [0.05, 0.1) is 17.7 Å². The Bertz CT molecular complexity index is 481. The van der Waals surface area contributed by atoms with Gasteiger partial charge in [0.15, 0.2) is 5.78 Å². The van der Waals surface area contributed by atoms with Crippen LogP contribution in [0.15, 0.2) is 22.7 Å². The summed E-state index contributed by atoms with van der Waals surface area (Å²) in [5.41, 5.74) is 0.607. The maximum absolute atomic E-state index is 12.2. The Morgan fingerprint density at radius 1 is 1.55 bits per heavy atom. The van der Waals surface area contributed by atoms with E-state index < -0.39 is 0 Å². The lowest BCUT2D eigenvalue weighted by molar-refractivity contribution is -0.0293. The Kier molecular flexibility index (Phi) is 6.02. The minimum absolute atomic E-state index is 0.0991. The average molecular weight is 361 g/mol. The van der Waals surface area contributed by atoms with Gasteiger partial charge in [0.1, 0.15) is 0 Å². The topological polar surface area (TPSA) is 29.5 Å². The Labute approximate surface area is 133 Å². The molecule has 0 aliphatic carbocycles. The zero-order valence-electron chi connectivity index (χ0n) is 11.6. The van der Waals surface area contributed by atoms with Crippen LogP contribution in [0.1, 0.15) is 30.1 Å². The van der Waals surface area contributed by atoms with Crippen molar-refractivity contribution in [3.63, 3.8) is 0 Å². The van der Waals surface area contributed by atoms with Crippen molar-refractivity contribution < 1.29 is 9.53 Å². The first-order chi connectivity index (χ1) is 9.60. The van der Waals surface area contributed by atoms with Gasteiger partial charge in [0, 0.05) is 36.1 Å². The smallest absolute Gasteiger partial charge is 0.165 e. The first kappa shape index (κ1) is 16.0. The summed E-state index contributed by atoms with van der Waals surface area (Å²) in [6, 6.07) is 5.39. The predicted octanol–water partition coefficient (Wildman–Crippen LogP) is 3.79. The molecule has 5 heteroatoms. The highest BCUT2D eigenvalue weighted by molar-refractivity contribution is 9.10. The van der Waals surface area contributed by atoms with Gasteiger partial charge >= 0.3 is 0 Å². The van der Waals surface area contributed by atoms with Crippen LogP contribution in [-0.2, 0) is 4.74 Å². The quantitative estimate of drug-likeness (QED) is 0.748. The van der Waals surface area contributed by atoms with Crippen molar-refractivity contribution in [1.29, 1.82) is 0 Å². The third kappa shape index (κ3) is 4.29. The van der Waals surface area contributed by atoms with Crippen LogP contribution in [0.2, 0.25) is 5.02 Å². The standard InChI is InChI=1S/C15H19BrClNO2/c1-2-12-10-18(7-8-20-12)6-5-15(19)13-4-3-11(16)9-14(13)17/h3-4,9,12H,2,5-8,10H2,1H3. The number of morpholine rings is 1. The van der Waals surface area contributed by atoms with E-state index in [0.29, 0.717) is 23.1 Å². The van der Waals surface area contributed by atoms with E-state index in [2.05, 4.69) is 27.8 Å². The van der Waals surface area contributed by atoms with E-state index in [1.165, 1.54) is 0 Å². The number of carbonyl (C=O) groups is 1. The van der Waals surface area contributed by atoms with Crippen molar-refractivity contribution in [3.05, 3.63) is 33.3 Å². The van der Waals surface area contributed by atoms with E-state index in [1.54, 1.807) is 12.1 Å². The molecule has 3 nitrogen and oxygen atoms in total. The van der Waals surface area contributed by atoms with Crippen LogP contribution in [0.5, 0.6) is 0 Å². The lowest BCUT2D eigenvalue weighted by Crippen LogP contribution is -2.42. The highest BCUT2D eigenvalue weighted by atomic mass is 79.9. The van der Waals surface area contributed by atoms with Crippen LogP contribution >= 0.6 is 27.5 Å². The van der Waals surface area contributed by atoms with Crippen molar-refractivity contribution in [2.24, 2.45) is 0 Å². The Balaban J connectivity index is 1.88. The van der Waals surface area contributed by atoms with Gasteiger partial charge in [0.25, 0.3) is 0 Å². The highest BCUT2D eigenvalue weighted by Gasteiger charge is 2.20.